The normalized spacial score (nSPS) is 12.5. The van der Waals surface area contributed by atoms with Crippen molar-refractivity contribution in [1.82, 2.24) is 5.32 Å². The van der Waals surface area contributed by atoms with Gasteiger partial charge in [-0.05, 0) is 69.7 Å². The highest BCUT2D eigenvalue weighted by molar-refractivity contribution is 14.1. The van der Waals surface area contributed by atoms with Gasteiger partial charge in [0, 0.05) is 9.13 Å². The van der Waals surface area contributed by atoms with Crippen molar-refractivity contribution in [2.75, 3.05) is 7.05 Å². The lowest BCUT2D eigenvalue weighted by molar-refractivity contribution is 0.570. The number of rotatable bonds is 3. The minimum atomic E-state index is -0.209. The highest BCUT2D eigenvalue weighted by atomic mass is 127. The van der Waals surface area contributed by atoms with E-state index >= 15 is 0 Å². The fourth-order valence-electron chi connectivity index (χ4n) is 2.12. The van der Waals surface area contributed by atoms with Crippen LogP contribution in [0.15, 0.2) is 40.9 Å². The molecule has 0 aliphatic carbocycles. The van der Waals surface area contributed by atoms with E-state index in [4.69, 9.17) is 0 Å². The second-order valence-corrected chi connectivity index (χ2v) is 6.28. The summed E-state index contributed by atoms with van der Waals surface area (Å²) in [7, 11) is 1.85. The Morgan fingerprint density at radius 1 is 1.16 bits per heavy atom. The van der Waals surface area contributed by atoms with Crippen LogP contribution in [-0.2, 0) is 0 Å². The lowest BCUT2D eigenvalue weighted by Gasteiger charge is -2.20. The third-order valence-electron chi connectivity index (χ3n) is 3.11. The average molecular weight is 434 g/mol. The molecule has 0 heterocycles. The maximum atomic E-state index is 14.3. The summed E-state index contributed by atoms with van der Waals surface area (Å²) >= 11 is 5.56. The molecule has 1 unspecified atom stereocenters. The molecule has 0 saturated heterocycles. The van der Waals surface area contributed by atoms with Crippen LogP contribution >= 0.6 is 38.5 Å². The molecule has 0 radical (unpaired) electrons. The van der Waals surface area contributed by atoms with E-state index in [9.17, 15) is 4.39 Å². The smallest absolute Gasteiger partial charge is 0.142 e. The van der Waals surface area contributed by atoms with Gasteiger partial charge in [0.25, 0.3) is 0 Å². The molecule has 0 fully saturated rings. The molecule has 0 amide bonds. The van der Waals surface area contributed by atoms with Crippen molar-refractivity contribution >= 4 is 38.5 Å². The summed E-state index contributed by atoms with van der Waals surface area (Å²) in [5.74, 6) is -0.209. The Balaban J connectivity index is 2.57. The molecule has 2 rings (SSSR count). The number of benzene rings is 2. The second kappa shape index (κ2) is 6.33. The molecule has 2 aromatic carbocycles. The first kappa shape index (κ1) is 14.9. The Morgan fingerprint density at radius 3 is 2.47 bits per heavy atom. The topological polar surface area (TPSA) is 12.0 Å². The zero-order valence-corrected chi connectivity index (χ0v) is 14.4. The van der Waals surface area contributed by atoms with Crippen LogP contribution < -0.4 is 5.32 Å². The summed E-state index contributed by atoms with van der Waals surface area (Å²) < 4.78 is 15.9. The Bertz CT molecular complexity index is 549. The number of hydrogen-bond donors (Lipinski definition) is 1. The first-order valence-electron chi connectivity index (χ1n) is 5.92. The highest BCUT2D eigenvalue weighted by Crippen LogP contribution is 2.31. The van der Waals surface area contributed by atoms with E-state index in [1.807, 2.05) is 31.3 Å². The van der Waals surface area contributed by atoms with Gasteiger partial charge in [-0.3, -0.25) is 0 Å². The molecule has 0 aliphatic heterocycles. The zero-order valence-electron chi connectivity index (χ0n) is 10.7. The molecular formula is C15H14BrFIN. The second-order valence-electron chi connectivity index (χ2n) is 4.34. The van der Waals surface area contributed by atoms with Crippen LogP contribution in [0.25, 0.3) is 0 Å². The van der Waals surface area contributed by atoms with Crippen molar-refractivity contribution in [2.45, 2.75) is 13.0 Å². The molecule has 0 spiro atoms. The SMILES string of the molecule is CNC(c1cccc(Br)c1F)c1cccc(C)c1I. The third-order valence-corrected chi connectivity index (χ3v) is 5.20. The van der Waals surface area contributed by atoms with E-state index in [0.29, 0.717) is 10.0 Å². The van der Waals surface area contributed by atoms with Gasteiger partial charge in [0.15, 0.2) is 0 Å². The van der Waals surface area contributed by atoms with Gasteiger partial charge in [-0.15, -0.1) is 0 Å². The number of aryl methyl sites for hydroxylation is 1. The molecule has 2 aromatic rings. The molecule has 100 valence electrons. The minimum absolute atomic E-state index is 0.149. The van der Waals surface area contributed by atoms with E-state index in [2.05, 4.69) is 56.8 Å². The quantitative estimate of drug-likeness (QED) is 0.685. The Labute approximate surface area is 134 Å². The summed E-state index contributed by atoms with van der Waals surface area (Å²) in [6, 6.07) is 11.4. The van der Waals surface area contributed by atoms with Gasteiger partial charge >= 0.3 is 0 Å². The van der Waals surface area contributed by atoms with Crippen LogP contribution in [0.5, 0.6) is 0 Å². The molecule has 19 heavy (non-hydrogen) atoms. The van der Waals surface area contributed by atoms with Crippen molar-refractivity contribution in [2.24, 2.45) is 0 Å². The van der Waals surface area contributed by atoms with Crippen molar-refractivity contribution < 1.29 is 4.39 Å². The summed E-state index contributed by atoms with van der Waals surface area (Å²) in [6.45, 7) is 2.06. The van der Waals surface area contributed by atoms with Crippen LogP contribution in [0.3, 0.4) is 0 Å². The third kappa shape index (κ3) is 3.01. The molecular weight excluding hydrogens is 420 g/mol. The fourth-order valence-corrected chi connectivity index (χ4v) is 3.17. The van der Waals surface area contributed by atoms with Crippen molar-refractivity contribution in [1.29, 1.82) is 0 Å². The van der Waals surface area contributed by atoms with Gasteiger partial charge in [0.05, 0.1) is 10.5 Å². The van der Waals surface area contributed by atoms with Crippen molar-refractivity contribution in [3.05, 3.63) is 66.9 Å². The van der Waals surface area contributed by atoms with E-state index in [1.54, 1.807) is 6.07 Å². The average Bonchev–Trinajstić information content (AvgIpc) is 2.40. The largest absolute Gasteiger partial charge is 0.309 e. The summed E-state index contributed by atoms with van der Waals surface area (Å²) in [6.07, 6.45) is 0. The maximum Gasteiger partial charge on any atom is 0.142 e. The fraction of sp³-hybridized carbons (Fsp3) is 0.200. The molecule has 0 bridgehead atoms. The standard InChI is InChI=1S/C15H14BrFIN/c1-9-5-3-7-11(14(9)18)15(19-2)10-6-4-8-12(16)13(10)17/h3-8,15,19H,1-2H3. The molecule has 0 aliphatic rings. The zero-order chi connectivity index (χ0) is 14.0. The summed E-state index contributed by atoms with van der Waals surface area (Å²) in [4.78, 5) is 0. The maximum absolute atomic E-state index is 14.3. The van der Waals surface area contributed by atoms with Crippen molar-refractivity contribution in [3.63, 3.8) is 0 Å². The van der Waals surface area contributed by atoms with Gasteiger partial charge < -0.3 is 5.32 Å². The summed E-state index contributed by atoms with van der Waals surface area (Å²) in [5, 5.41) is 3.21. The van der Waals surface area contributed by atoms with Crippen LogP contribution in [0.2, 0.25) is 0 Å². The molecule has 0 aromatic heterocycles. The van der Waals surface area contributed by atoms with Crippen molar-refractivity contribution in [3.8, 4) is 0 Å². The van der Waals surface area contributed by atoms with Gasteiger partial charge in [-0.1, -0.05) is 30.3 Å². The number of halogens is 3. The molecule has 4 heteroatoms. The monoisotopic (exact) mass is 433 g/mol. The van der Waals surface area contributed by atoms with Gasteiger partial charge in [0.2, 0.25) is 0 Å². The Morgan fingerprint density at radius 2 is 1.79 bits per heavy atom. The highest BCUT2D eigenvalue weighted by Gasteiger charge is 2.20. The van der Waals surface area contributed by atoms with Gasteiger partial charge in [0.1, 0.15) is 5.82 Å². The Kier molecular flexibility index (Phi) is 4.97. The lowest BCUT2D eigenvalue weighted by atomic mass is 9.97. The number of nitrogens with one attached hydrogen (secondary N) is 1. The van der Waals surface area contributed by atoms with E-state index < -0.39 is 0 Å². The van der Waals surface area contributed by atoms with E-state index in [-0.39, 0.29) is 11.9 Å². The molecule has 1 atom stereocenters. The predicted octanol–water partition coefficient (Wildman–Crippen LogP) is 4.81. The predicted molar refractivity (Wildman–Crippen MR) is 88.9 cm³/mol. The van der Waals surface area contributed by atoms with Gasteiger partial charge in [-0.2, -0.15) is 0 Å². The van der Waals surface area contributed by atoms with Gasteiger partial charge in [-0.25, -0.2) is 4.39 Å². The van der Waals surface area contributed by atoms with E-state index in [1.165, 1.54) is 9.13 Å². The summed E-state index contributed by atoms with van der Waals surface area (Å²) in [5.41, 5.74) is 2.95. The van der Waals surface area contributed by atoms with E-state index in [0.717, 1.165) is 5.56 Å². The molecule has 1 nitrogen and oxygen atoms in total. The van der Waals surface area contributed by atoms with Crippen LogP contribution in [0.1, 0.15) is 22.7 Å². The van der Waals surface area contributed by atoms with Crippen LogP contribution in [0.4, 0.5) is 4.39 Å². The first-order valence-corrected chi connectivity index (χ1v) is 7.79. The van der Waals surface area contributed by atoms with Crippen LogP contribution in [0, 0.1) is 16.3 Å². The molecule has 0 saturated carbocycles. The minimum Gasteiger partial charge on any atom is -0.309 e. The number of hydrogen-bond acceptors (Lipinski definition) is 1. The van der Waals surface area contributed by atoms with Crippen LogP contribution in [-0.4, -0.2) is 7.05 Å². The Hall–Kier alpha value is -0.460. The first-order chi connectivity index (χ1) is 9.06. The molecule has 1 N–H and O–H groups in total. The lowest BCUT2D eigenvalue weighted by Crippen LogP contribution is -2.20.